The summed E-state index contributed by atoms with van der Waals surface area (Å²) in [5.41, 5.74) is 2.00. The molecule has 3 rings (SSSR count). The molecular formula is C10H7N3. The van der Waals surface area contributed by atoms with Crippen molar-refractivity contribution in [3.8, 4) is 0 Å². The summed E-state index contributed by atoms with van der Waals surface area (Å²) in [5, 5.41) is 9.23. The molecule has 0 saturated carbocycles. The number of hydrogen-bond donors (Lipinski definition) is 1. The molecule has 3 aromatic rings. The second kappa shape index (κ2) is 2.29. The van der Waals surface area contributed by atoms with Crippen LogP contribution in [0.25, 0.3) is 21.8 Å². The van der Waals surface area contributed by atoms with Gasteiger partial charge in [-0.1, -0.05) is 12.1 Å². The van der Waals surface area contributed by atoms with E-state index in [2.05, 4.69) is 27.3 Å². The van der Waals surface area contributed by atoms with Gasteiger partial charge in [-0.25, -0.2) is 0 Å². The second-order valence-electron chi connectivity index (χ2n) is 2.97. The maximum Gasteiger partial charge on any atom is 0.0958 e. The zero-order valence-corrected chi connectivity index (χ0v) is 6.86. The van der Waals surface area contributed by atoms with Crippen LogP contribution >= 0.6 is 0 Å². The lowest BCUT2D eigenvalue weighted by Gasteiger charge is -1.96. The van der Waals surface area contributed by atoms with E-state index < -0.39 is 0 Å². The summed E-state index contributed by atoms with van der Waals surface area (Å²) in [6.07, 6.45) is 3.56. The van der Waals surface area contributed by atoms with Crippen molar-refractivity contribution < 1.29 is 0 Å². The topological polar surface area (TPSA) is 41.6 Å². The minimum absolute atomic E-state index is 0.991. The van der Waals surface area contributed by atoms with Crippen molar-refractivity contribution >= 4 is 21.8 Å². The molecule has 3 nitrogen and oxygen atoms in total. The average Bonchev–Trinajstić information content (AvgIpc) is 2.65. The summed E-state index contributed by atoms with van der Waals surface area (Å²) >= 11 is 0. The number of H-pyrrole nitrogens is 1. The monoisotopic (exact) mass is 169 g/mol. The second-order valence-corrected chi connectivity index (χ2v) is 2.97. The van der Waals surface area contributed by atoms with Gasteiger partial charge in [-0.3, -0.25) is 10.1 Å². The molecular weight excluding hydrogens is 162 g/mol. The highest BCUT2D eigenvalue weighted by Crippen LogP contribution is 2.20. The van der Waals surface area contributed by atoms with Crippen LogP contribution in [0.4, 0.5) is 0 Å². The number of nitrogens with one attached hydrogen (secondary N) is 1. The van der Waals surface area contributed by atoms with E-state index in [0.717, 1.165) is 21.8 Å². The lowest BCUT2D eigenvalue weighted by Crippen LogP contribution is -1.83. The average molecular weight is 169 g/mol. The van der Waals surface area contributed by atoms with Crippen LogP contribution in [-0.4, -0.2) is 15.2 Å². The van der Waals surface area contributed by atoms with Gasteiger partial charge >= 0.3 is 0 Å². The van der Waals surface area contributed by atoms with Gasteiger partial charge in [0.2, 0.25) is 0 Å². The molecule has 0 fully saturated rings. The lowest BCUT2D eigenvalue weighted by molar-refractivity contribution is 1.08. The summed E-state index contributed by atoms with van der Waals surface area (Å²) in [7, 11) is 0. The van der Waals surface area contributed by atoms with Crippen LogP contribution in [-0.2, 0) is 0 Å². The van der Waals surface area contributed by atoms with E-state index in [4.69, 9.17) is 0 Å². The fraction of sp³-hybridized carbons (Fsp3) is 0. The molecule has 0 unspecified atom stereocenters. The number of aromatic amines is 1. The first-order valence-corrected chi connectivity index (χ1v) is 4.12. The van der Waals surface area contributed by atoms with Crippen LogP contribution < -0.4 is 0 Å². The maximum absolute atomic E-state index is 4.28. The summed E-state index contributed by atoms with van der Waals surface area (Å²) in [5.74, 6) is 0. The molecule has 1 N–H and O–H groups in total. The zero-order chi connectivity index (χ0) is 8.67. The van der Waals surface area contributed by atoms with E-state index in [1.165, 1.54) is 0 Å². The predicted molar refractivity (Wildman–Crippen MR) is 51.4 cm³/mol. The first kappa shape index (κ1) is 6.60. The van der Waals surface area contributed by atoms with Gasteiger partial charge in [0.1, 0.15) is 0 Å². The normalized spacial score (nSPS) is 11.1. The van der Waals surface area contributed by atoms with Crippen LogP contribution in [0.3, 0.4) is 0 Å². The van der Waals surface area contributed by atoms with Crippen molar-refractivity contribution in [3.05, 3.63) is 36.7 Å². The Hall–Kier alpha value is -1.90. The minimum atomic E-state index is 0.991. The van der Waals surface area contributed by atoms with E-state index in [1.54, 1.807) is 6.20 Å². The van der Waals surface area contributed by atoms with Crippen molar-refractivity contribution in [1.82, 2.24) is 15.2 Å². The van der Waals surface area contributed by atoms with Crippen LogP contribution in [0.1, 0.15) is 0 Å². The highest BCUT2D eigenvalue weighted by atomic mass is 15.1. The Labute approximate surface area is 74.4 Å². The number of hydrogen-bond acceptors (Lipinski definition) is 2. The Morgan fingerprint density at radius 2 is 1.77 bits per heavy atom. The van der Waals surface area contributed by atoms with Gasteiger partial charge in [0.05, 0.1) is 11.0 Å². The number of fused-ring (bicyclic) bond motifs is 3. The van der Waals surface area contributed by atoms with E-state index in [9.17, 15) is 0 Å². The lowest BCUT2D eigenvalue weighted by atomic mass is 10.2. The molecule has 0 spiro atoms. The fourth-order valence-corrected chi connectivity index (χ4v) is 1.56. The minimum Gasteiger partial charge on any atom is -0.276 e. The Kier molecular flexibility index (Phi) is 1.16. The number of benzene rings is 1. The molecule has 0 saturated heterocycles. The SMILES string of the molecule is c1cc2ccc3ccnc3c2[nH]n1. The summed E-state index contributed by atoms with van der Waals surface area (Å²) < 4.78 is 0. The Morgan fingerprint density at radius 3 is 2.77 bits per heavy atom. The Bertz CT molecular complexity index is 568. The van der Waals surface area contributed by atoms with Gasteiger partial charge in [0.25, 0.3) is 0 Å². The van der Waals surface area contributed by atoms with Gasteiger partial charge < -0.3 is 0 Å². The molecule has 0 bridgehead atoms. The van der Waals surface area contributed by atoms with E-state index in [0.29, 0.717) is 0 Å². The number of aromatic nitrogens is 3. The third kappa shape index (κ3) is 0.839. The third-order valence-corrected chi connectivity index (χ3v) is 2.20. The van der Waals surface area contributed by atoms with Gasteiger partial charge in [0.15, 0.2) is 0 Å². The largest absolute Gasteiger partial charge is 0.276 e. The number of nitrogens with zero attached hydrogens (tertiary/aromatic N) is 2. The van der Waals surface area contributed by atoms with Gasteiger partial charge in [-0.05, 0) is 12.1 Å². The highest BCUT2D eigenvalue weighted by molar-refractivity contribution is 6.02. The van der Waals surface area contributed by atoms with Crippen molar-refractivity contribution in [2.75, 3.05) is 0 Å². The van der Waals surface area contributed by atoms with Crippen LogP contribution in [0, 0.1) is 0 Å². The van der Waals surface area contributed by atoms with E-state index in [-0.39, 0.29) is 0 Å². The smallest absolute Gasteiger partial charge is 0.0958 e. The molecule has 1 aromatic carbocycles. The molecule has 0 atom stereocenters. The van der Waals surface area contributed by atoms with Crippen molar-refractivity contribution in [1.29, 1.82) is 0 Å². The quantitative estimate of drug-likeness (QED) is 0.560. The van der Waals surface area contributed by atoms with E-state index in [1.807, 2.05) is 18.3 Å². The van der Waals surface area contributed by atoms with Gasteiger partial charge in [-0.2, -0.15) is 5.10 Å². The standard InChI is InChI=1S/C10H7N3/c1-2-8-4-6-12-13-10(8)9-7(1)3-5-11-9/h1-6,13H. The molecule has 0 aliphatic carbocycles. The highest BCUT2D eigenvalue weighted by Gasteiger charge is 2.00. The Morgan fingerprint density at radius 1 is 0.923 bits per heavy atom. The molecule has 0 amide bonds. The first-order chi connectivity index (χ1) is 6.45. The Balaban J connectivity index is 2.65. The molecule has 0 aliphatic heterocycles. The first-order valence-electron chi connectivity index (χ1n) is 4.12. The van der Waals surface area contributed by atoms with Crippen LogP contribution in [0.2, 0.25) is 0 Å². The molecule has 0 aliphatic rings. The van der Waals surface area contributed by atoms with Crippen molar-refractivity contribution in [2.45, 2.75) is 0 Å². The van der Waals surface area contributed by atoms with Crippen molar-refractivity contribution in [2.24, 2.45) is 0 Å². The number of rotatable bonds is 0. The summed E-state index contributed by atoms with van der Waals surface area (Å²) in [4.78, 5) is 4.28. The summed E-state index contributed by atoms with van der Waals surface area (Å²) in [6.45, 7) is 0. The predicted octanol–water partition coefficient (Wildman–Crippen LogP) is 2.11. The zero-order valence-electron chi connectivity index (χ0n) is 6.86. The van der Waals surface area contributed by atoms with Crippen molar-refractivity contribution in [3.63, 3.8) is 0 Å². The molecule has 13 heavy (non-hydrogen) atoms. The van der Waals surface area contributed by atoms with E-state index >= 15 is 0 Å². The molecule has 2 aromatic heterocycles. The van der Waals surface area contributed by atoms with Crippen LogP contribution in [0.5, 0.6) is 0 Å². The molecule has 3 heteroatoms. The molecule has 2 heterocycles. The van der Waals surface area contributed by atoms with Gasteiger partial charge in [-0.15, -0.1) is 0 Å². The summed E-state index contributed by atoms with van der Waals surface area (Å²) in [6, 6.07) is 8.10. The van der Waals surface area contributed by atoms with Gasteiger partial charge in [0, 0.05) is 23.2 Å². The molecule has 62 valence electrons. The third-order valence-electron chi connectivity index (χ3n) is 2.20. The fourth-order valence-electron chi connectivity index (χ4n) is 1.56. The van der Waals surface area contributed by atoms with Crippen LogP contribution in [0.15, 0.2) is 36.7 Å². The molecule has 0 radical (unpaired) electrons. The maximum atomic E-state index is 4.28.